The minimum absolute atomic E-state index is 0.0532. The number of rotatable bonds is 3. The van der Waals surface area contributed by atoms with Crippen LogP contribution >= 0.6 is 0 Å². The number of nitrogens with zero attached hydrogens (tertiary/aromatic N) is 4. The molecule has 3 aliphatic heterocycles. The zero-order valence-corrected chi connectivity index (χ0v) is 17.1. The predicted octanol–water partition coefficient (Wildman–Crippen LogP) is 0.939. The maximum absolute atomic E-state index is 13.3. The van der Waals surface area contributed by atoms with Crippen molar-refractivity contribution in [2.45, 2.75) is 25.8 Å². The minimum Gasteiger partial charge on any atom is -0.450 e. The highest BCUT2D eigenvalue weighted by Gasteiger charge is 2.44. The van der Waals surface area contributed by atoms with Crippen molar-refractivity contribution in [3.63, 3.8) is 0 Å². The Labute approximate surface area is 175 Å². The van der Waals surface area contributed by atoms with Crippen molar-refractivity contribution in [1.82, 2.24) is 14.7 Å². The van der Waals surface area contributed by atoms with Crippen LogP contribution in [0.15, 0.2) is 24.3 Å². The molecule has 1 atom stereocenters. The fourth-order valence-electron chi connectivity index (χ4n) is 4.36. The molecular formula is C21H26N4O5. The van der Waals surface area contributed by atoms with Crippen LogP contribution < -0.4 is 4.90 Å². The number of carbonyl (C=O) groups excluding carboxylic acids is 4. The summed E-state index contributed by atoms with van der Waals surface area (Å²) in [6, 6.07) is 6.21. The Bertz CT molecular complexity index is 865. The lowest BCUT2D eigenvalue weighted by molar-refractivity contribution is -0.129. The summed E-state index contributed by atoms with van der Waals surface area (Å²) >= 11 is 0. The second kappa shape index (κ2) is 8.43. The van der Waals surface area contributed by atoms with Crippen molar-refractivity contribution in [3.05, 3.63) is 29.8 Å². The molecule has 9 heteroatoms. The quantitative estimate of drug-likeness (QED) is 0.731. The third kappa shape index (κ3) is 3.65. The highest BCUT2D eigenvalue weighted by atomic mass is 16.6. The van der Waals surface area contributed by atoms with Crippen molar-refractivity contribution in [2.75, 3.05) is 50.8 Å². The number of hydrogen-bond acceptors (Lipinski definition) is 6. The monoisotopic (exact) mass is 414 g/mol. The maximum Gasteiger partial charge on any atom is 0.409 e. The molecule has 4 rings (SSSR count). The van der Waals surface area contributed by atoms with Crippen LogP contribution in [0.25, 0.3) is 0 Å². The van der Waals surface area contributed by atoms with Crippen molar-refractivity contribution in [1.29, 1.82) is 0 Å². The molecule has 30 heavy (non-hydrogen) atoms. The van der Waals surface area contributed by atoms with Gasteiger partial charge < -0.3 is 14.5 Å². The van der Waals surface area contributed by atoms with Gasteiger partial charge in [-0.1, -0.05) is 12.1 Å². The maximum atomic E-state index is 13.3. The summed E-state index contributed by atoms with van der Waals surface area (Å²) in [6.45, 7) is 4.63. The standard InChI is InChI=1S/C21H26N4O5/c1-2-30-21(29)23-12-10-22(11-13-23)14-18(26)25-16-7-4-3-6-15(16)19(27)24-9-5-8-17(24)20(25)28/h3-4,6-7,17H,2,5,8-14H2,1H3. The van der Waals surface area contributed by atoms with Crippen LogP contribution in [-0.2, 0) is 14.3 Å². The zero-order valence-electron chi connectivity index (χ0n) is 17.1. The first-order valence-electron chi connectivity index (χ1n) is 10.4. The van der Waals surface area contributed by atoms with Gasteiger partial charge in [0.25, 0.3) is 11.8 Å². The summed E-state index contributed by atoms with van der Waals surface area (Å²) in [5.74, 6) is -0.876. The molecule has 0 spiro atoms. The van der Waals surface area contributed by atoms with E-state index in [1.54, 1.807) is 41.0 Å². The molecule has 1 aromatic rings. The van der Waals surface area contributed by atoms with E-state index in [-0.39, 0.29) is 30.4 Å². The van der Waals surface area contributed by atoms with Crippen LogP contribution in [0.3, 0.4) is 0 Å². The number of hydrogen-bond donors (Lipinski definition) is 0. The Balaban J connectivity index is 1.50. The SMILES string of the molecule is CCOC(=O)N1CCN(CC(=O)N2C(=O)C3CCCN3C(=O)c3ccccc32)CC1. The van der Waals surface area contributed by atoms with E-state index >= 15 is 0 Å². The third-order valence-corrected chi connectivity index (χ3v) is 5.90. The van der Waals surface area contributed by atoms with Crippen LogP contribution in [0, 0.1) is 0 Å². The van der Waals surface area contributed by atoms with Crippen molar-refractivity contribution in [2.24, 2.45) is 0 Å². The molecule has 0 saturated carbocycles. The second-order valence-corrected chi connectivity index (χ2v) is 7.70. The Morgan fingerprint density at radius 3 is 2.53 bits per heavy atom. The second-order valence-electron chi connectivity index (χ2n) is 7.70. The first-order chi connectivity index (χ1) is 14.5. The van der Waals surface area contributed by atoms with E-state index in [0.717, 1.165) is 6.42 Å². The molecule has 2 fully saturated rings. The van der Waals surface area contributed by atoms with E-state index < -0.39 is 6.04 Å². The largest absolute Gasteiger partial charge is 0.450 e. The Morgan fingerprint density at radius 2 is 1.80 bits per heavy atom. The van der Waals surface area contributed by atoms with Gasteiger partial charge in [-0.2, -0.15) is 0 Å². The van der Waals surface area contributed by atoms with Gasteiger partial charge in [0.2, 0.25) is 5.91 Å². The van der Waals surface area contributed by atoms with Crippen LogP contribution in [0.4, 0.5) is 10.5 Å². The smallest absolute Gasteiger partial charge is 0.409 e. The third-order valence-electron chi connectivity index (χ3n) is 5.90. The fourth-order valence-corrected chi connectivity index (χ4v) is 4.36. The zero-order chi connectivity index (χ0) is 21.3. The summed E-state index contributed by atoms with van der Waals surface area (Å²) in [6.07, 6.45) is 0.975. The number of piperazine rings is 1. The van der Waals surface area contributed by atoms with Crippen molar-refractivity contribution >= 4 is 29.5 Å². The van der Waals surface area contributed by atoms with Gasteiger partial charge in [0, 0.05) is 32.7 Å². The first kappa shape index (κ1) is 20.3. The van der Waals surface area contributed by atoms with E-state index in [9.17, 15) is 19.2 Å². The molecule has 3 heterocycles. The average molecular weight is 414 g/mol. The number of benzene rings is 1. The van der Waals surface area contributed by atoms with Gasteiger partial charge in [-0.25, -0.2) is 9.69 Å². The van der Waals surface area contributed by atoms with Gasteiger partial charge >= 0.3 is 6.09 Å². The summed E-state index contributed by atoms with van der Waals surface area (Å²) in [4.78, 5) is 57.6. The van der Waals surface area contributed by atoms with Crippen LogP contribution in [-0.4, -0.2) is 90.4 Å². The minimum atomic E-state index is -0.588. The molecule has 2 saturated heterocycles. The van der Waals surface area contributed by atoms with Gasteiger partial charge in [-0.15, -0.1) is 0 Å². The first-order valence-corrected chi connectivity index (χ1v) is 10.4. The van der Waals surface area contributed by atoms with Crippen LogP contribution in [0.1, 0.15) is 30.1 Å². The summed E-state index contributed by atoms with van der Waals surface area (Å²) in [5, 5.41) is 0. The van der Waals surface area contributed by atoms with E-state index in [1.807, 2.05) is 4.90 Å². The van der Waals surface area contributed by atoms with E-state index in [2.05, 4.69) is 0 Å². The lowest BCUT2D eigenvalue weighted by Crippen LogP contribution is -2.54. The average Bonchev–Trinajstić information content (AvgIpc) is 3.21. The topological polar surface area (TPSA) is 90.5 Å². The number of fused-ring (bicyclic) bond motifs is 2. The Hall–Kier alpha value is -2.94. The number of amides is 4. The van der Waals surface area contributed by atoms with Gasteiger partial charge in [-0.05, 0) is 31.9 Å². The highest BCUT2D eigenvalue weighted by molar-refractivity contribution is 6.22. The fraction of sp³-hybridized carbons (Fsp3) is 0.524. The molecule has 4 amide bonds. The normalized spacial score (nSPS) is 21.9. The van der Waals surface area contributed by atoms with Crippen molar-refractivity contribution in [3.8, 4) is 0 Å². The molecule has 0 aliphatic carbocycles. The molecule has 3 aliphatic rings. The highest BCUT2D eigenvalue weighted by Crippen LogP contribution is 2.32. The predicted molar refractivity (Wildman–Crippen MR) is 108 cm³/mol. The van der Waals surface area contributed by atoms with Gasteiger partial charge in [-0.3, -0.25) is 19.3 Å². The number of carbonyl (C=O) groups is 4. The van der Waals surface area contributed by atoms with Crippen LogP contribution in [0.5, 0.6) is 0 Å². The number of anilines is 1. The number of para-hydroxylation sites is 1. The van der Waals surface area contributed by atoms with E-state index in [4.69, 9.17) is 4.74 Å². The molecule has 9 nitrogen and oxygen atoms in total. The van der Waals surface area contributed by atoms with Gasteiger partial charge in [0.05, 0.1) is 24.4 Å². The molecule has 0 radical (unpaired) electrons. The van der Waals surface area contributed by atoms with E-state index in [0.29, 0.717) is 57.0 Å². The molecule has 160 valence electrons. The molecule has 0 aromatic heterocycles. The van der Waals surface area contributed by atoms with Crippen molar-refractivity contribution < 1.29 is 23.9 Å². The lowest BCUT2D eigenvalue weighted by Gasteiger charge is -2.34. The lowest BCUT2D eigenvalue weighted by atomic mass is 10.1. The summed E-state index contributed by atoms with van der Waals surface area (Å²) in [5.41, 5.74) is 0.743. The van der Waals surface area contributed by atoms with Crippen LogP contribution in [0.2, 0.25) is 0 Å². The Kier molecular flexibility index (Phi) is 5.72. The molecule has 0 bridgehead atoms. The van der Waals surface area contributed by atoms with Gasteiger partial charge in [0.1, 0.15) is 6.04 Å². The molecule has 1 aromatic carbocycles. The number of imide groups is 1. The molecule has 1 unspecified atom stereocenters. The Morgan fingerprint density at radius 1 is 1.07 bits per heavy atom. The van der Waals surface area contributed by atoms with Gasteiger partial charge in [0.15, 0.2) is 0 Å². The summed E-state index contributed by atoms with van der Waals surface area (Å²) < 4.78 is 5.02. The molecule has 0 N–H and O–H groups in total. The molecular weight excluding hydrogens is 388 g/mol. The summed E-state index contributed by atoms with van der Waals surface area (Å²) in [7, 11) is 0. The number of ether oxygens (including phenoxy) is 1. The van der Waals surface area contributed by atoms with E-state index in [1.165, 1.54) is 4.90 Å².